The van der Waals surface area contributed by atoms with Crippen molar-refractivity contribution < 1.29 is 0 Å². The van der Waals surface area contributed by atoms with Crippen LogP contribution in [-0.2, 0) is 0 Å². The minimum absolute atomic E-state index is 1.37. The molecule has 0 radical (unpaired) electrons. The lowest BCUT2D eigenvalue weighted by atomic mass is 10.6. The van der Waals surface area contributed by atoms with E-state index in [1.807, 2.05) is 6.07 Å². The van der Waals surface area contributed by atoms with Gasteiger partial charge in [-0.15, -0.1) is 0 Å². The predicted octanol–water partition coefficient (Wildman–Crippen LogP) is 2.75. The van der Waals surface area contributed by atoms with Gasteiger partial charge < -0.3 is 0 Å². The predicted molar refractivity (Wildman–Crippen MR) is 40.5 cm³/mol. The van der Waals surface area contributed by atoms with E-state index in [4.69, 9.17) is 0 Å². The van der Waals surface area contributed by atoms with Crippen LogP contribution in [0, 0.1) is 0 Å². The zero-order valence-corrected chi connectivity index (χ0v) is 6.26. The molecule has 0 amide bonds. The average molecular weight is 143 g/mol. The molecular weight excluding hydrogens is 136 g/mol. The van der Waals surface area contributed by atoms with Crippen LogP contribution in [0.2, 0.25) is 0 Å². The Morgan fingerprint density at radius 1 is 1.50 bits per heavy atom. The van der Waals surface area contributed by atoms with Gasteiger partial charge in [-0.2, -0.15) is 0 Å². The molecular formula is C6H7S2+. The van der Waals surface area contributed by atoms with E-state index >= 15 is 0 Å². The fourth-order valence-electron chi connectivity index (χ4n) is 0.441. The van der Waals surface area contributed by atoms with Gasteiger partial charge in [0.15, 0.2) is 5.38 Å². The van der Waals surface area contributed by atoms with Gasteiger partial charge in [0.05, 0.1) is 0 Å². The van der Waals surface area contributed by atoms with Crippen molar-refractivity contribution in [3.05, 3.63) is 23.6 Å². The van der Waals surface area contributed by atoms with Crippen LogP contribution in [0.5, 0.6) is 0 Å². The van der Waals surface area contributed by atoms with E-state index in [-0.39, 0.29) is 0 Å². The highest BCUT2D eigenvalue weighted by molar-refractivity contribution is 8.00. The third-order valence-electron chi connectivity index (χ3n) is 0.807. The molecule has 0 saturated carbocycles. The largest absolute Gasteiger partial charge is 0.264 e. The molecule has 1 heterocycles. The minimum Gasteiger partial charge on any atom is -0.0681 e. The van der Waals surface area contributed by atoms with Crippen molar-refractivity contribution in [3.8, 4) is 0 Å². The lowest BCUT2D eigenvalue weighted by Crippen LogP contribution is -1.57. The summed E-state index contributed by atoms with van der Waals surface area (Å²) in [6.45, 7) is 0. The first-order valence-corrected chi connectivity index (χ1v) is 4.45. The van der Waals surface area contributed by atoms with Crippen molar-refractivity contribution in [2.75, 3.05) is 6.26 Å². The average Bonchev–Trinajstić information content (AvgIpc) is 1.90. The van der Waals surface area contributed by atoms with Gasteiger partial charge in [0.2, 0.25) is 11.3 Å². The van der Waals surface area contributed by atoms with E-state index in [1.165, 1.54) is 4.21 Å². The minimum atomic E-state index is 1.37. The van der Waals surface area contributed by atoms with Crippen molar-refractivity contribution in [3.63, 3.8) is 0 Å². The summed E-state index contributed by atoms with van der Waals surface area (Å²) >= 11 is 3.56. The Morgan fingerprint density at radius 3 is 2.75 bits per heavy atom. The number of thioether (sulfide) groups is 1. The fourth-order valence-corrected chi connectivity index (χ4v) is 1.67. The quantitative estimate of drug-likeness (QED) is 0.430. The van der Waals surface area contributed by atoms with Crippen LogP contribution in [0.4, 0.5) is 0 Å². The normalized spacial score (nSPS) is 9.12. The summed E-state index contributed by atoms with van der Waals surface area (Å²) < 4.78 is 1.37. The van der Waals surface area contributed by atoms with Crippen molar-refractivity contribution in [2.45, 2.75) is 4.21 Å². The van der Waals surface area contributed by atoms with Crippen LogP contribution in [0.3, 0.4) is 0 Å². The van der Waals surface area contributed by atoms with Gasteiger partial charge in [0, 0.05) is 6.07 Å². The Labute approximate surface area is 57.6 Å². The monoisotopic (exact) mass is 143 g/mol. The van der Waals surface area contributed by atoms with Crippen LogP contribution in [0.15, 0.2) is 27.8 Å². The molecule has 1 rings (SSSR count). The highest BCUT2D eigenvalue weighted by Crippen LogP contribution is 2.17. The zero-order valence-electron chi connectivity index (χ0n) is 4.63. The highest BCUT2D eigenvalue weighted by atomic mass is 32.2. The summed E-state index contributed by atoms with van der Waals surface area (Å²) in [5.74, 6) is 0. The Bertz CT molecular complexity index is 148. The van der Waals surface area contributed by atoms with Gasteiger partial charge in [0.1, 0.15) is 0 Å². The maximum atomic E-state index is 2.12. The Kier molecular flexibility index (Phi) is 2.30. The molecule has 0 aliphatic heterocycles. The second kappa shape index (κ2) is 3.05. The maximum Gasteiger partial charge on any atom is 0.264 e. The maximum absolute atomic E-state index is 2.12. The topological polar surface area (TPSA) is 0 Å². The van der Waals surface area contributed by atoms with Gasteiger partial charge in [-0.3, -0.25) is 0 Å². The summed E-state index contributed by atoms with van der Waals surface area (Å²) in [7, 11) is 0. The van der Waals surface area contributed by atoms with Crippen LogP contribution in [-0.4, -0.2) is 6.26 Å². The first-order chi connectivity index (χ1) is 3.93. The van der Waals surface area contributed by atoms with E-state index in [2.05, 4.69) is 23.8 Å². The van der Waals surface area contributed by atoms with E-state index in [0.717, 1.165) is 0 Å². The molecule has 42 valence electrons. The number of hydrogen-bond donors (Lipinski definition) is 0. The number of hydrogen-bond acceptors (Lipinski definition) is 1. The third-order valence-corrected chi connectivity index (χ3v) is 2.80. The molecule has 1 aromatic heterocycles. The summed E-state index contributed by atoms with van der Waals surface area (Å²) in [6, 6.07) is 6.22. The molecule has 0 spiro atoms. The molecule has 0 saturated heterocycles. The lowest BCUT2D eigenvalue weighted by molar-refractivity contribution is 1.67. The first kappa shape index (κ1) is 6.05. The van der Waals surface area contributed by atoms with Gasteiger partial charge in [-0.1, -0.05) is 17.8 Å². The van der Waals surface area contributed by atoms with Gasteiger partial charge in [-0.25, -0.2) is 0 Å². The molecule has 0 atom stereocenters. The van der Waals surface area contributed by atoms with Gasteiger partial charge >= 0.3 is 0 Å². The van der Waals surface area contributed by atoms with Crippen LogP contribution in [0.1, 0.15) is 0 Å². The second-order valence-electron chi connectivity index (χ2n) is 1.33. The smallest absolute Gasteiger partial charge is 0.0681 e. The Balaban J connectivity index is 2.83. The third kappa shape index (κ3) is 1.46. The summed E-state index contributed by atoms with van der Waals surface area (Å²) in [6.07, 6.45) is 2.09. The Hall–Kier alpha value is -0.0800. The van der Waals surface area contributed by atoms with Crippen molar-refractivity contribution in [1.29, 1.82) is 0 Å². The summed E-state index contributed by atoms with van der Waals surface area (Å²) in [5, 5.41) is 2.09. The van der Waals surface area contributed by atoms with E-state index < -0.39 is 0 Å². The SMILES string of the molecule is CSc1cccc[s+]1. The molecule has 0 aliphatic carbocycles. The standard InChI is InChI=1S/C6H7S2/c1-7-6-4-2-3-5-8-6/h2-5H,1H3/q+1. The fraction of sp³-hybridized carbons (Fsp3) is 0.167. The van der Waals surface area contributed by atoms with E-state index in [0.29, 0.717) is 0 Å². The molecule has 0 nitrogen and oxygen atoms in total. The number of rotatable bonds is 1. The van der Waals surface area contributed by atoms with Crippen molar-refractivity contribution in [2.24, 2.45) is 0 Å². The molecule has 2 heteroatoms. The van der Waals surface area contributed by atoms with Crippen molar-refractivity contribution >= 4 is 23.1 Å². The molecule has 8 heavy (non-hydrogen) atoms. The molecule has 0 fully saturated rings. The van der Waals surface area contributed by atoms with Crippen molar-refractivity contribution in [1.82, 2.24) is 0 Å². The molecule has 0 N–H and O–H groups in total. The molecule has 0 unspecified atom stereocenters. The second-order valence-corrected chi connectivity index (χ2v) is 3.38. The summed E-state index contributed by atoms with van der Waals surface area (Å²) in [4.78, 5) is 0. The zero-order chi connectivity index (χ0) is 5.82. The van der Waals surface area contributed by atoms with Crippen LogP contribution in [0.25, 0.3) is 0 Å². The van der Waals surface area contributed by atoms with Crippen LogP contribution >= 0.6 is 23.1 Å². The Morgan fingerprint density at radius 2 is 2.38 bits per heavy atom. The molecule has 0 aromatic carbocycles. The van der Waals surface area contributed by atoms with E-state index in [9.17, 15) is 0 Å². The van der Waals surface area contributed by atoms with Gasteiger partial charge in [-0.05, 0) is 12.3 Å². The molecule has 1 aromatic rings. The lowest BCUT2D eigenvalue weighted by Gasteiger charge is -1.74. The first-order valence-electron chi connectivity index (χ1n) is 2.34. The highest BCUT2D eigenvalue weighted by Gasteiger charge is 1.97. The van der Waals surface area contributed by atoms with Crippen LogP contribution < -0.4 is 0 Å². The van der Waals surface area contributed by atoms with Gasteiger partial charge in [0.25, 0.3) is 4.21 Å². The molecule has 0 bridgehead atoms. The van der Waals surface area contributed by atoms with E-state index in [1.54, 1.807) is 23.1 Å². The molecule has 0 aliphatic rings. The summed E-state index contributed by atoms with van der Waals surface area (Å²) in [5.41, 5.74) is 0.